The van der Waals surface area contributed by atoms with Crippen LogP contribution in [0.4, 0.5) is 4.39 Å². The molecule has 146 valence electrons. The van der Waals surface area contributed by atoms with Gasteiger partial charge in [-0.2, -0.15) is 0 Å². The summed E-state index contributed by atoms with van der Waals surface area (Å²) in [7, 11) is -1.98. The van der Waals surface area contributed by atoms with Crippen LogP contribution in [0.2, 0.25) is 0 Å². The second-order valence-corrected chi connectivity index (χ2v) is 7.85. The molecule has 2 rings (SSSR count). The summed E-state index contributed by atoms with van der Waals surface area (Å²) in [5.74, 6) is 0.172. The average Bonchev–Trinajstić information content (AvgIpc) is 2.64. The van der Waals surface area contributed by atoms with Crippen molar-refractivity contribution in [1.82, 2.24) is 15.4 Å². The maximum atomic E-state index is 13.6. The van der Waals surface area contributed by atoms with Crippen LogP contribution < -0.4 is 15.4 Å². The molecule has 0 saturated carbocycles. The summed E-state index contributed by atoms with van der Waals surface area (Å²) in [5.41, 5.74) is 2.11. The van der Waals surface area contributed by atoms with Gasteiger partial charge in [0, 0.05) is 32.2 Å². The van der Waals surface area contributed by atoms with Crippen molar-refractivity contribution in [2.75, 3.05) is 20.1 Å². The van der Waals surface area contributed by atoms with E-state index in [2.05, 4.69) is 20.3 Å². The van der Waals surface area contributed by atoms with Crippen LogP contribution in [0.25, 0.3) is 0 Å². The minimum atomic E-state index is -3.58. The molecule has 0 aliphatic heterocycles. The van der Waals surface area contributed by atoms with Crippen LogP contribution in [0.15, 0.2) is 52.4 Å². The maximum Gasteiger partial charge on any atom is 0.240 e. The van der Waals surface area contributed by atoms with Crippen LogP contribution in [0, 0.1) is 19.7 Å². The number of aliphatic imine (C=N–C) groups is 1. The Morgan fingerprint density at radius 2 is 1.81 bits per heavy atom. The Bertz CT molecular complexity index is 914. The van der Waals surface area contributed by atoms with Gasteiger partial charge in [0.1, 0.15) is 5.82 Å². The molecule has 0 radical (unpaired) electrons. The Kier molecular flexibility index (Phi) is 7.32. The number of hydrogen-bond acceptors (Lipinski definition) is 3. The van der Waals surface area contributed by atoms with Gasteiger partial charge in [0.15, 0.2) is 5.96 Å². The molecule has 8 heteroatoms. The number of nitrogens with one attached hydrogen (secondary N) is 3. The van der Waals surface area contributed by atoms with E-state index in [1.54, 1.807) is 44.3 Å². The van der Waals surface area contributed by atoms with E-state index < -0.39 is 10.0 Å². The predicted molar refractivity (Wildman–Crippen MR) is 106 cm³/mol. The second kappa shape index (κ2) is 9.48. The molecule has 6 nitrogen and oxygen atoms in total. The maximum absolute atomic E-state index is 13.6. The molecule has 0 bridgehead atoms. The molecule has 0 aliphatic carbocycles. The highest BCUT2D eigenvalue weighted by molar-refractivity contribution is 7.89. The number of aryl methyl sites for hydroxylation is 2. The Hall–Kier alpha value is -2.45. The zero-order valence-corrected chi connectivity index (χ0v) is 16.5. The van der Waals surface area contributed by atoms with Gasteiger partial charge in [-0.3, -0.25) is 4.99 Å². The lowest BCUT2D eigenvalue weighted by atomic mass is 10.2. The van der Waals surface area contributed by atoms with E-state index >= 15 is 0 Å². The van der Waals surface area contributed by atoms with E-state index in [9.17, 15) is 12.8 Å². The molecule has 0 heterocycles. The fraction of sp³-hybridized carbons (Fsp3) is 0.316. The van der Waals surface area contributed by atoms with E-state index in [4.69, 9.17) is 0 Å². The van der Waals surface area contributed by atoms with Gasteiger partial charge in [0.2, 0.25) is 10.0 Å². The highest BCUT2D eigenvalue weighted by atomic mass is 32.2. The van der Waals surface area contributed by atoms with Crippen LogP contribution in [-0.2, 0) is 16.6 Å². The lowest BCUT2D eigenvalue weighted by molar-refractivity contribution is 0.579. The molecule has 2 aromatic carbocycles. The fourth-order valence-electron chi connectivity index (χ4n) is 2.48. The number of benzene rings is 2. The largest absolute Gasteiger partial charge is 0.355 e. The topological polar surface area (TPSA) is 82.6 Å². The number of nitrogens with zero attached hydrogens (tertiary/aromatic N) is 1. The lowest BCUT2D eigenvalue weighted by Gasteiger charge is -2.13. The molecule has 0 aliphatic rings. The number of halogens is 1. The Labute approximate surface area is 160 Å². The van der Waals surface area contributed by atoms with Crippen molar-refractivity contribution in [2.45, 2.75) is 25.3 Å². The van der Waals surface area contributed by atoms with Crippen molar-refractivity contribution in [2.24, 2.45) is 4.99 Å². The monoisotopic (exact) mass is 392 g/mol. The van der Waals surface area contributed by atoms with Gasteiger partial charge in [-0.1, -0.05) is 30.3 Å². The zero-order valence-electron chi connectivity index (χ0n) is 15.7. The summed E-state index contributed by atoms with van der Waals surface area (Å²) in [6.45, 7) is 4.42. The van der Waals surface area contributed by atoms with Gasteiger partial charge in [0.05, 0.1) is 4.90 Å². The quantitative estimate of drug-likeness (QED) is 0.383. The van der Waals surface area contributed by atoms with E-state index in [0.29, 0.717) is 23.6 Å². The van der Waals surface area contributed by atoms with Gasteiger partial charge in [-0.15, -0.1) is 0 Å². The van der Waals surface area contributed by atoms with Crippen molar-refractivity contribution in [1.29, 1.82) is 0 Å². The molecule has 0 spiro atoms. The number of guanidine groups is 1. The third-order valence-electron chi connectivity index (χ3n) is 3.97. The van der Waals surface area contributed by atoms with Crippen molar-refractivity contribution < 1.29 is 12.8 Å². The molecule has 27 heavy (non-hydrogen) atoms. The van der Waals surface area contributed by atoms with Crippen molar-refractivity contribution >= 4 is 16.0 Å². The molecule has 0 atom stereocenters. The van der Waals surface area contributed by atoms with E-state index in [0.717, 1.165) is 5.56 Å². The first kappa shape index (κ1) is 20.9. The predicted octanol–water partition coefficient (Wildman–Crippen LogP) is 2.09. The van der Waals surface area contributed by atoms with Gasteiger partial charge >= 0.3 is 0 Å². The highest BCUT2D eigenvalue weighted by Crippen LogP contribution is 2.16. The number of sulfonamides is 1. The van der Waals surface area contributed by atoms with Gasteiger partial charge in [0.25, 0.3) is 0 Å². The first-order valence-corrected chi connectivity index (χ1v) is 10.1. The smallest absolute Gasteiger partial charge is 0.240 e. The van der Waals surface area contributed by atoms with Crippen LogP contribution in [0.5, 0.6) is 0 Å². The second-order valence-electron chi connectivity index (χ2n) is 6.11. The average molecular weight is 393 g/mol. The SMILES string of the molecule is CN=C(NCCNS(=O)(=O)c1cc(C)ccc1C)NCc1ccccc1F. The zero-order chi connectivity index (χ0) is 19.9. The van der Waals surface area contributed by atoms with Gasteiger partial charge in [-0.05, 0) is 37.1 Å². The molecule has 0 amide bonds. The van der Waals surface area contributed by atoms with Gasteiger partial charge < -0.3 is 10.6 Å². The standard InChI is InChI=1S/C19H25FN4O2S/c1-14-8-9-15(2)18(12-14)27(25,26)24-11-10-22-19(21-3)23-13-16-6-4-5-7-17(16)20/h4-9,12,24H,10-11,13H2,1-3H3,(H2,21,22,23). The minimum Gasteiger partial charge on any atom is -0.355 e. The molecule has 0 fully saturated rings. The summed E-state index contributed by atoms with van der Waals surface area (Å²) >= 11 is 0. The number of rotatable bonds is 7. The van der Waals surface area contributed by atoms with Crippen LogP contribution in [0.1, 0.15) is 16.7 Å². The van der Waals surface area contributed by atoms with Gasteiger partial charge in [-0.25, -0.2) is 17.5 Å². The number of hydrogen-bond donors (Lipinski definition) is 3. The fourth-order valence-corrected chi connectivity index (χ4v) is 3.84. The molecule has 0 unspecified atom stereocenters. The molecule has 0 saturated heterocycles. The Morgan fingerprint density at radius 1 is 1.07 bits per heavy atom. The third kappa shape index (κ3) is 6.04. The molecular formula is C19H25FN4O2S. The van der Waals surface area contributed by atoms with Crippen LogP contribution in [-0.4, -0.2) is 34.5 Å². The van der Waals surface area contributed by atoms with Crippen LogP contribution in [0.3, 0.4) is 0 Å². The van der Waals surface area contributed by atoms with Crippen molar-refractivity contribution in [3.63, 3.8) is 0 Å². The molecule has 0 aromatic heterocycles. The normalized spacial score (nSPS) is 12.1. The van der Waals surface area contributed by atoms with Crippen LogP contribution >= 0.6 is 0 Å². The highest BCUT2D eigenvalue weighted by Gasteiger charge is 2.16. The molecule has 3 N–H and O–H groups in total. The summed E-state index contributed by atoms with van der Waals surface area (Å²) in [4.78, 5) is 4.33. The third-order valence-corrected chi connectivity index (χ3v) is 5.57. The molecular weight excluding hydrogens is 367 g/mol. The first-order valence-electron chi connectivity index (χ1n) is 8.58. The Morgan fingerprint density at radius 3 is 2.52 bits per heavy atom. The summed E-state index contributed by atoms with van der Waals surface area (Å²) < 4.78 is 41.1. The summed E-state index contributed by atoms with van der Waals surface area (Å²) in [5, 5.41) is 5.99. The van der Waals surface area contributed by atoms with E-state index in [1.807, 2.05) is 13.0 Å². The minimum absolute atomic E-state index is 0.191. The van der Waals surface area contributed by atoms with Crippen molar-refractivity contribution in [3.05, 3.63) is 65.0 Å². The van der Waals surface area contributed by atoms with Crippen molar-refractivity contribution in [3.8, 4) is 0 Å². The first-order chi connectivity index (χ1) is 12.8. The Balaban J connectivity index is 1.84. The van der Waals surface area contributed by atoms with E-state index in [-0.39, 0.29) is 23.8 Å². The summed E-state index contributed by atoms with van der Waals surface area (Å²) in [6, 6.07) is 11.8. The lowest BCUT2D eigenvalue weighted by Crippen LogP contribution is -2.41. The van der Waals surface area contributed by atoms with E-state index in [1.165, 1.54) is 6.07 Å². The molecule has 2 aromatic rings. The summed E-state index contributed by atoms with van der Waals surface area (Å²) in [6.07, 6.45) is 0.